The van der Waals surface area contributed by atoms with Crippen molar-refractivity contribution in [3.05, 3.63) is 36.7 Å². The van der Waals surface area contributed by atoms with Gasteiger partial charge in [-0.1, -0.05) is 18.2 Å². The molecule has 2 rings (SSSR count). The third-order valence-corrected chi connectivity index (χ3v) is 1.97. The lowest BCUT2D eigenvalue weighted by atomic mass is 10.3. The van der Waals surface area contributed by atoms with Crippen LogP contribution in [0.5, 0.6) is 6.01 Å². The first kappa shape index (κ1) is 10.8. The molecular formula is C11H8N4O2. The number of benzene rings is 1. The summed E-state index contributed by atoms with van der Waals surface area (Å²) >= 11 is 0. The van der Waals surface area contributed by atoms with E-state index in [0.29, 0.717) is 6.29 Å². The largest absolute Gasteiger partial charge is 0.436 e. The van der Waals surface area contributed by atoms with Gasteiger partial charge in [0.2, 0.25) is 6.10 Å². The Morgan fingerprint density at radius 3 is 2.82 bits per heavy atom. The van der Waals surface area contributed by atoms with Crippen molar-refractivity contribution in [3.8, 4) is 17.8 Å². The van der Waals surface area contributed by atoms with Crippen LogP contribution in [0.2, 0.25) is 0 Å². The van der Waals surface area contributed by atoms with Gasteiger partial charge in [0.15, 0.2) is 6.29 Å². The molecule has 84 valence electrons. The molecule has 0 bridgehead atoms. The summed E-state index contributed by atoms with van der Waals surface area (Å²) in [5.41, 5.74) is 0.814. The molecule has 0 amide bonds. The molecule has 0 saturated heterocycles. The van der Waals surface area contributed by atoms with Crippen molar-refractivity contribution < 1.29 is 9.53 Å². The van der Waals surface area contributed by atoms with Gasteiger partial charge >= 0.3 is 6.01 Å². The molecule has 1 aromatic carbocycles. The molecule has 1 aromatic heterocycles. The van der Waals surface area contributed by atoms with Crippen molar-refractivity contribution >= 4 is 6.29 Å². The highest BCUT2D eigenvalue weighted by Gasteiger charge is 2.10. The highest BCUT2D eigenvalue weighted by molar-refractivity contribution is 5.60. The molecule has 0 fully saturated rings. The van der Waals surface area contributed by atoms with Crippen molar-refractivity contribution in [3.63, 3.8) is 0 Å². The number of carbonyl (C=O) groups is 1. The SMILES string of the molecule is N#CC(C=O)Oc1ncn(-c2ccccc2)n1. The van der Waals surface area contributed by atoms with Crippen molar-refractivity contribution in [1.82, 2.24) is 14.8 Å². The first-order valence-corrected chi connectivity index (χ1v) is 4.82. The van der Waals surface area contributed by atoms with E-state index in [1.165, 1.54) is 11.0 Å². The van der Waals surface area contributed by atoms with Crippen molar-refractivity contribution in [2.75, 3.05) is 0 Å². The average Bonchev–Trinajstić information content (AvgIpc) is 2.85. The third-order valence-electron chi connectivity index (χ3n) is 1.97. The van der Waals surface area contributed by atoms with E-state index in [1.54, 1.807) is 6.07 Å². The van der Waals surface area contributed by atoms with Crippen LogP contribution in [-0.4, -0.2) is 27.2 Å². The van der Waals surface area contributed by atoms with Crippen LogP contribution in [0.3, 0.4) is 0 Å². The van der Waals surface area contributed by atoms with Crippen LogP contribution in [0.1, 0.15) is 0 Å². The summed E-state index contributed by atoms with van der Waals surface area (Å²) in [6, 6.07) is 11.0. The maximum atomic E-state index is 10.4. The monoisotopic (exact) mass is 228 g/mol. The zero-order valence-electron chi connectivity index (χ0n) is 8.72. The van der Waals surface area contributed by atoms with Crippen LogP contribution in [0.15, 0.2) is 36.7 Å². The van der Waals surface area contributed by atoms with Gasteiger partial charge in [-0.2, -0.15) is 10.2 Å². The predicted molar refractivity (Wildman–Crippen MR) is 57.5 cm³/mol. The van der Waals surface area contributed by atoms with Gasteiger partial charge < -0.3 is 4.74 Å². The Kier molecular flexibility index (Phi) is 3.12. The number of aromatic nitrogens is 3. The summed E-state index contributed by atoms with van der Waals surface area (Å²) < 4.78 is 6.44. The summed E-state index contributed by atoms with van der Waals surface area (Å²) in [6.45, 7) is 0. The van der Waals surface area contributed by atoms with E-state index >= 15 is 0 Å². The van der Waals surface area contributed by atoms with E-state index < -0.39 is 6.10 Å². The normalized spacial score (nSPS) is 11.5. The van der Waals surface area contributed by atoms with Gasteiger partial charge in [-0.15, -0.1) is 5.10 Å². The molecule has 0 spiro atoms. The summed E-state index contributed by atoms with van der Waals surface area (Å²) in [7, 11) is 0. The second-order valence-electron chi connectivity index (χ2n) is 3.11. The topological polar surface area (TPSA) is 80.8 Å². The van der Waals surface area contributed by atoms with E-state index in [0.717, 1.165) is 5.69 Å². The van der Waals surface area contributed by atoms with Gasteiger partial charge in [-0.05, 0) is 12.1 Å². The van der Waals surface area contributed by atoms with Gasteiger partial charge in [0.25, 0.3) is 0 Å². The number of nitrogens with zero attached hydrogens (tertiary/aromatic N) is 4. The fraction of sp³-hybridized carbons (Fsp3) is 0.0909. The Morgan fingerprint density at radius 1 is 1.41 bits per heavy atom. The number of carbonyl (C=O) groups excluding carboxylic acids is 1. The Labute approximate surface area is 97.1 Å². The minimum Gasteiger partial charge on any atom is -0.436 e. The summed E-state index contributed by atoms with van der Waals surface area (Å²) in [4.78, 5) is 14.3. The molecule has 1 heterocycles. The minimum atomic E-state index is -1.18. The molecule has 17 heavy (non-hydrogen) atoms. The summed E-state index contributed by atoms with van der Waals surface area (Å²) in [6.07, 6.45) is 0.661. The van der Waals surface area contributed by atoms with Crippen molar-refractivity contribution in [1.29, 1.82) is 5.26 Å². The quantitative estimate of drug-likeness (QED) is 0.721. The van der Waals surface area contributed by atoms with Gasteiger partial charge in [0.05, 0.1) is 5.69 Å². The molecule has 0 N–H and O–H groups in total. The van der Waals surface area contributed by atoms with E-state index in [9.17, 15) is 4.79 Å². The lowest BCUT2D eigenvalue weighted by molar-refractivity contribution is -0.111. The Bertz CT molecular complexity index is 544. The molecule has 6 heteroatoms. The molecule has 0 aliphatic heterocycles. The lowest BCUT2D eigenvalue weighted by Gasteiger charge is -2.00. The average molecular weight is 228 g/mol. The van der Waals surface area contributed by atoms with Gasteiger partial charge in [0.1, 0.15) is 12.4 Å². The third kappa shape index (κ3) is 2.46. The van der Waals surface area contributed by atoms with Gasteiger partial charge in [-0.3, -0.25) is 4.79 Å². The molecular weight excluding hydrogens is 220 g/mol. The standard InChI is InChI=1S/C11H8N4O2/c12-6-10(7-16)17-11-13-8-15(14-11)9-4-2-1-3-5-9/h1-5,7-8,10H. The zero-order valence-corrected chi connectivity index (χ0v) is 8.72. The minimum absolute atomic E-state index is 0.00694. The Balaban J connectivity index is 2.17. The lowest BCUT2D eigenvalue weighted by Crippen LogP contribution is -2.16. The van der Waals surface area contributed by atoms with E-state index in [4.69, 9.17) is 10.00 Å². The van der Waals surface area contributed by atoms with Gasteiger partial charge in [-0.25, -0.2) is 4.68 Å². The number of rotatable bonds is 4. The zero-order chi connectivity index (χ0) is 12.1. The van der Waals surface area contributed by atoms with E-state index in [-0.39, 0.29) is 6.01 Å². The number of nitriles is 1. The molecule has 6 nitrogen and oxygen atoms in total. The van der Waals surface area contributed by atoms with Crippen LogP contribution in [0.25, 0.3) is 5.69 Å². The molecule has 1 atom stereocenters. The highest BCUT2D eigenvalue weighted by Crippen LogP contribution is 2.08. The summed E-state index contributed by atoms with van der Waals surface area (Å²) in [5, 5.41) is 12.5. The Hall–Kier alpha value is -2.68. The molecule has 0 saturated carbocycles. The molecule has 0 aliphatic rings. The second kappa shape index (κ2) is 4.90. The first-order valence-electron chi connectivity index (χ1n) is 4.82. The maximum absolute atomic E-state index is 10.4. The fourth-order valence-electron chi connectivity index (χ4n) is 1.21. The van der Waals surface area contributed by atoms with Crippen LogP contribution in [0, 0.1) is 11.3 Å². The van der Waals surface area contributed by atoms with Crippen LogP contribution >= 0.6 is 0 Å². The van der Waals surface area contributed by atoms with E-state index in [1.807, 2.05) is 30.3 Å². The molecule has 1 unspecified atom stereocenters. The van der Waals surface area contributed by atoms with E-state index in [2.05, 4.69) is 10.1 Å². The number of hydrogen-bond acceptors (Lipinski definition) is 5. The van der Waals surface area contributed by atoms with Crippen LogP contribution < -0.4 is 4.74 Å². The smallest absolute Gasteiger partial charge is 0.337 e. The highest BCUT2D eigenvalue weighted by atomic mass is 16.5. The number of ether oxygens (including phenoxy) is 1. The van der Waals surface area contributed by atoms with Crippen molar-refractivity contribution in [2.45, 2.75) is 6.10 Å². The van der Waals surface area contributed by atoms with Crippen LogP contribution in [0.4, 0.5) is 0 Å². The predicted octanol–water partition coefficient (Wildman–Crippen LogP) is 0.737. The number of hydrogen-bond donors (Lipinski definition) is 0. The fourth-order valence-corrected chi connectivity index (χ4v) is 1.21. The number of para-hydroxylation sites is 1. The molecule has 2 aromatic rings. The first-order chi connectivity index (χ1) is 8.33. The van der Waals surface area contributed by atoms with Crippen LogP contribution in [-0.2, 0) is 4.79 Å². The van der Waals surface area contributed by atoms with Crippen molar-refractivity contribution in [2.24, 2.45) is 0 Å². The molecule has 0 aliphatic carbocycles. The maximum Gasteiger partial charge on any atom is 0.337 e. The molecule has 0 radical (unpaired) electrons. The van der Waals surface area contributed by atoms with Gasteiger partial charge in [0, 0.05) is 0 Å². The second-order valence-corrected chi connectivity index (χ2v) is 3.11. The number of aldehydes is 1. The Morgan fingerprint density at radius 2 is 2.18 bits per heavy atom. The summed E-state index contributed by atoms with van der Waals surface area (Å²) in [5.74, 6) is 0.